The molecule has 0 spiro atoms. The number of methoxy groups -OCH3 is 1. The van der Waals surface area contributed by atoms with Crippen molar-refractivity contribution in [3.63, 3.8) is 0 Å². The summed E-state index contributed by atoms with van der Waals surface area (Å²) in [7, 11) is 1.62. The average molecular weight is 310 g/mol. The Hall–Kier alpha value is -2.69. The third-order valence-corrected chi connectivity index (χ3v) is 4.64. The molecule has 1 aromatic heterocycles. The molecule has 0 aliphatic heterocycles. The van der Waals surface area contributed by atoms with Crippen LogP contribution in [0.2, 0.25) is 0 Å². The summed E-state index contributed by atoms with van der Waals surface area (Å²) >= 11 is 0. The number of nitrogens with one attached hydrogen (secondary N) is 1. The summed E-state index contributed by atoms with van der Waals surface area (Å²) in [4.78, 5) is 0. The van der Waals surface area contributed by atoms with Crippen LogP contribution in [0.4, 0.5) is 0 Å². The lowest BCUT2D eigenvalue weighted by Gasteiger charge is -2.19. The molecule has 5 nitrogen and oxygen atoms in total. The van der Waals surface area contributed by atoms with E-state index < -0.39 is 0 Å². The number of rotatable bonds is 2. The number of phenols is 2. The zero-order chi connectivity index (χ0) is 16.0. The van der Waals surface area contributed by atoms with Crippen LogP contribution in [0.1, 0.15) is 24.0 Å². The lowest BCUT2D eigenvalue weighted by atomic mass is 9.88. The fourth-order valence-electron chi connectivity index (χ4n) is 3.43. The van der Waals surface area contributed by atoms with Crippen molar-refractivity contribution in [1.29, 1.82) is 0 Å². The molecular weight excluding hydrogens is 292 g/mol. The SMILES string of the molecule is COc1ccc(-c2n[nH]c3c(O)c4c(c(O)c23)CCCC4)cc1. The summed E-state index contributed by atoms with van der Waals surface area (Å²) in [6.07, 6.45) is 3.64. The monoisotopic (exact) mass is 310 g/mol. The number of hydrogen-bond acceptors (Lipinski definition) is 4. The Morgan fingerprint density at radius 1 is 1.00 bits per heavy atom. The number of aromatic nitrogens is 2. The summed E-state index contributed by atoms with van der Waals surface area (Å²) in [5, 5.41) is 29.1. The first-order chi connectivity index (χ1) is 11.2. The van der Waals surface area contributed by atoms with Crippen LogP contribution in [0, 0.1) is 0 Å². The molecule has 0 amide bonds. The largest absolute Gasteiger partial charge is 0.507 e. The van der Waals surface area contributed by atoms with E-state index in [1.54, 1.807) is 7.11 Å². The molecule has 3 aromatic rings. The first kappa shape index (κ1) is 13.9. The van der Waals surface area contributed by atoms with Gasteiger partial charge in [-0.2, -0.15) is 5.10 Å². The smallest absolute Gasteiger partial charge is 0.144 e. The molecule has 0 saturated heterocycles. The molecule has 0 atom stereocenters. The van der Waals surface area contributed by atoms with Crippen LogP contribution in [0.15, 0.2) is 24.3 Å². The van der Waals surface area contributed by atoms with E-state index in [0.717, 1.165) is 48.1 Å². The molecule has 5 heteroatoms. The van der Waals surface area contributed by atoms with Crippen LogP contribution in [0.3, 0.4) is 0 Å². The van der Waals surface area contributed by atoms with E-state index in [0.29, 0.717) is 16.6 Å². The normalized spacial score (nSPS) is 14.0. The number of nitrogens with zero attached hydrogens (tertiary/aromatic N) is 1. The number of aromatic amines is 1. The van der Waals surface area contributed by atoms with E-state index in [2.05, 4.69) is 10.2 Å². The van der Waals surface area contributed by atoms with Gasteiger partial charge in [0.05, 0.1) is 12.5 Å². The highest BCUT2D eigenvalue weighted by Gasteiger charge is 2.25. The fraction of sp³-hybridized carbons (Fsp3) is 0.278. The van der Waals surface area contributed by atoms with Crippen molar-refractivity contribution in [1.82, 2.24) is 10.2 Å². The summed E-state index contributed by atoms with van der Waals surface area (Å²) in [5.74, 6) is 1.23. The highest BCUT2D eigenvalue weighted by Crippen LogP contribution is 2.45. The number of phenolic OH excluding ortho intramolecular Hbond substituents is 2. The number of fused-ring (bicyclic) bond motifs is 2. The molecule has 0 saturated carbocycles. The molecule has 0 unspecified atom stereocenters. The molecule has 118 valence electrons. The van der Waals surface area contributed by atoms with E-state index in [1.165, 1.54) is 0 Å². The first-order valence-electron chi connectivity index (χ1n) is 7.79. The van der Waals surface area contributed by atoms with E-state index >= 15 is 0 Å². The van der Waals surface area contributed by atoms with Crippen LogP contribution < -0.4 is 4.74 Å². The van der Waals surface area contributed by atoms with Crippen LogP contribution in [0.5, 0.6) is 17.2 Å². The van der Waals surface area contributed by atoms with Crippen LogP contribution in [0.25, 0.3) is 22.2 Å². The number of benzene rings is 2. The Labute approximate surface area is 133 Å². The first-order valence-corrected chi connectivity index (χ1v) is 7.79. The molecule has 1 heterocycles. The second-order valence-electron chi connectivity index (χ2n) is 5.91. The van der Waals surface area contributed by atoms with Crippen molar-refractivity contribution in [3.05, 3.63) is 35.4 Å². The Kier molecular flexibility index (Phi) is 3.15. The second kappa shape index (κ2) is 5.19. The van der Waals surface area contributed by atoms with Gasteiger partial charge in [0.25, 0.3) is 0 Å². The molecule has 0 bridgehead atoms. The quantitative estimate of drug-likeness (QED) is 0.633. The molecule has 3 N–H and O–H groups in total. The van der Waals surface area contributed by atoms with Gasteiger partial charge in [0, 0.05) is 16.7 Å². The topological polar surface area (TPSA) is 78.4 Å². The fourth-order valence-corrected chi connectivity index (χ4v) is 3.43. The molecule has 1 aliphatic carbocycles. The lowest BCUT2D eigenvalue weighted by Crippen LogP contribution is -2.03. The Morgan fingerprint density at radius 2 is 1.65 bits per heavy atom. The van der Waals surface area contributed by atoms with Crippen molar-refractivity contribution in [2.75, 3.05) is 7.11 Å². The number of hydrogen-bond donors (Lipinski definition) is 3. The molecule has 1 aliphatic rings. The van der Waals surface area contributed by atoms with Crippen molar-refractivity contribution in [2.24, 2.45) is 0 Å². The third-order valence-electron chi connectivity index (χ3n) is 4.64. The summed E-state index contributed by atoms with van der Waals surface area (Å²) in [6, 6.07) is 7.49. The van der Waals surface area contributed by atoms with E-state index in [1.807, 2.05) is 24.3 Å². The minimum absolute atomic E-state index is 0.222. The predicted molar refractivity (Wildman–Crippen MR) is 88.1 cm³/mol. The highest BCUT2D eigenvalue weighted by molar-refractivity contribution is 6.02. The Bertz CT molecular complexity index is 882. The molecule has 0 radical (unpaired) electrons. The van der Waals surface area contributed by atoms with Gasteiger partial charge in [-0.15, -0.1) is 0 Å². The van der Waals surface area contributed by atoms with E-state index in [-0.39, 0.29) is 11.5 Å². The average Bonchev–Trinajstić information content (AvgIpc) is 3.05. The maximum Gasteiger partial charge on any atom is 0.144 e. The molecule has 2 aromatic carbocycles. The third kappa shape index (κ3) is 2.04. The molecular formula is C18H18N2O3. The predicted octanol–water partition coefficient (Wildman–Crippen LogP) is 3.53. The zero-order valence-corrected chi connectivity index (χ0v) is 12.9. The standard InChI is InChI=1S/C18H18N2O3/c1-23-11-8-6-10(7-9-11)15-14-16(20-19-15)18(22)13-5-3-2-4-12(13)17(14)21/h6-9,21-22H,2-5H2,1H3,(H,19,20). The van der Waals surface area contributed by atoms with Gasteiger partial charge < -0.3 is 14.9 Å². The summed E-state index contributed by atoms with van der Waals surface area (Å²) in [5.41, 5.74) is 3.73. The molecule has 23 heavy (non-hydrogen) atoms. The lowest BCUT2D eigenvalue weighted by molar-refractivity contribution is 0.415. The van der Waals surface area contributed by atoms with Gasteiger partial charge in [-0.1, -0.05) is 0 Å². The van der Waals surface area contributed by atoms with Gasteiger partial charge in [-0.25, -0.2) is 0 Å². The second-order valence-corrected chi connectivity index (χ2v) is 5.91. The molecule has 4 rings (SSSR count). The Balaban J connectivity index is 1.96. The van der Waals surface area contributed by atoms with Crippen molar-refractivity contribution >= 4 is 10.9 Å². The van der Waals surface area contributed by atoms with Crippen LogP contribution in [-0.2, 0) is 12.8 Å². The van der Waals surface area contributed by atoms with Gasteiger partial charge in [0.15, 0.2) is 0 Å². The van der Waals surface area contributed by atoms with Crippen LogP contribution >= 0.6 is 0 Å². The van der Waals surface area contributed by atoms with E-state index in [9.17, 15) is 10.2 Å². The van der Waals surface area contributed by atoms with Gasteiger partial charge in [0.2, 0.25) is 0 Å². The van der Waals surface area contributed by atoms with Crippen molar-refractivity contribution < 1.29 is 14.9 Å². The maximum atomic E-state index is 10.8. The maximum absolute atomic E-state index is 10.8. The van der Waals surface area contributed by atoms with Gasteiger partial charge in [0.1, 0.15) is 28.5 Å². The number of ether oxygens (including phenoxy) is 1. The van der Waals surface area contributed by atoms with Gasteiger partial charge in [-0.3, -0.25) is 5.10 Å². The van der Waals surface area contributed by atoms with Crippen molar-refractivity contribution in [3.8, 4) is 28.5 Å². The van der Waals surface area contributed by atoms with E-state index in [4.69, 9.17) is 4.74 Å². The summed E-state index contributed by atoms with van der Waals surface area (Å²) < 4.78 is 5.17. The summed E-state index contributed by atoms with van der Waals surface area (Å²) in [6.45, 7) is 0. The highest BCUT2D eigenvalue weighted by atomic mass is 16.5. The number of H-pyrrole nitrogens is 1. The van der Waals surface area contributed by atoms with Gasteiger partial charge in [-0.05, 0) is 49.9 Å². The van der Waals surface area contributed by atoms with Crippen molar-refractivity contribution in [2.45, 2.75) is 25.7 Å². The van der Waals surface area contributed by atoms with Gasteiger partial charge >= 0.3 is 0 Å². The Morgan fingerprint density at radius 3 is 2.30 bits per heavy atom. The number of aromatic hydroxyl groups is 2. The minimum atomic E-state index is 0.222. The zero-order valence-electron chi connectivity index (χ0n) is 12.9. The minimum Gasteiger partial charge on any atom is -0.507 e. The van der Waals surface area contributed by atoms with Crippen LogP contribution in [-0.4, -0.2) is 27.5 Å². The molecule has 0 fully saturated rings.